The number of methoxy groups -OCH3 is 1. The van der Waals surface area contributed by atoms with Gasteiger partial charge < -0.3 is 20.0 Å². The van der Waals surface area contributed by atoms with Gasteiger partial charge in [-0.2, -0.15) is 0 Å². The Hall–Kier alpha value is -3.17. The monoisotopic (exact) mass is 483 g/mol. The second kappa shape index (κ2) is 15.6. The Morgan fingerprint density at radius 2 is 1.74 bits per heavy atom. The van der Waals surface area contributed by atoms with Crippen LogP contribution in [0.5, 0.6) is 5.75 Å². The minimum absolute atomic E-state index is 0.0533. The predicted octanol–water partition coefficient (Wildman–Crippen LogP) is 6.08. The third kappa shape index (κ3) is 7.16. The fraction of sp³-hybridized carbons (Fsp3) is 0.250. The van der Waals surface area contributed by atoms with E-state index in [2.05, 4.69) is 11.7 Å². The molecule has 34 heavy (non-hydrogen) atoms. The molecular formula is C28H31ClFNO3. The lowest BCUT2D eigenvalue weighted by molar-refractivity contribution is -0.108. The Morgan fingerprint density at radius 3 is 2.32 bits per heavy atom. The highest BCUT2D eigenvalue weighted by molar-refractivity contribution is 6.33. The smallest absolute Gasteiger partial charge is 0.174 e. The number of nitrogens with two attached hydrogens (primary N) is 1. The highest BCUT2D eigenvalue weighted by Crippen LogP contribution is 2.38. The van der Waals surface area contributed by atoms with Crippen molar-refractivity contribution in [2.75, 3.05) is 27.4 Å². The van der Waals surface area contributed by atoms with Crippen LogP contribution in [0.3, 0.4) is 0 Å². The lowest BCUT2D eigenvalue weighted by Crippen LogP contribution is -2.07. The summed E-state index contributed by atoms with van der Waals surface area (Å²) in [5.41, 5.74) is 6.92. The number of aldehydes is 1. The number of hydrogen-bond donors (Lipinski definition) is 1. The van der Waals surface area contributed by atoms with Crippen LogP contribution < -0.4 is 10.5 Å². The third-order valence-corrected chi connectivity index (χ3v) is 5.05. The summed E-state index contributed by atoms with van der Waals surface area (Å²) >= 11 is 6.42. The maximum Gasteiger partial charge on any atom is 0.174 e. The summed E-state index contributed by atoms with van der Waals surface area (Å²) in [5.74, 6) is 1.43. The molecule has 0 bridgehead atoms. The summed E-state index contributed by atoms with van der Waals surface area (Å²) < 4.78 is 25.8. The van der Waals surface area contributed by atoms with Crippen molar-refractivity contribution in [2.24, 2.45) is 5.73 Å². The maximum atomic E-state index is 15.4. The molecule has 0 saturated carbocycles. The summed E-state index contributed by atoms with van der Waals surface area (Å²) in [6, 6.07) is 17.5. The Bertz CT molecular complexity index is 1080. The SMILES string of the molecule is C#Cc1ccc(OCCOC)c(F)c1-c1cc(C(C=O)c2ccccc2)ccc1Cl.CC.CN. The molecule has 0 spiro atoms. The topological polar surface area (TPSA) is 61.5 Å². The van der Waals surface area contributed by atoms with Crippen LogP contribution in [0.15, 0.2) is 60.7 Å². The van der Waals surface area contributed by atoms with E-state index in [4.69, 9.17) is 27.5 Å². The zero-order chi connectivity index (χ0) is 25.5. The van der Waals surface area contributed by atoms with E-state index in [1.165, 1.54) is 20.2 Å². The number of carbonyl (C=O) groups is 1. The average Bonchev–Trinajstić information content (AvgIpc) is 2.89. The van der Waals surface area contributed by atoms with E-state index in [1.807, 2.05) is 44.2 Å². The molecular weight excluding hydrogens is 453 g/mol. The van der Waals surface area contributed by atoms with E-state index in [0.717, 1.165) is 11.8 Å². The molecule has 0 aliphatic carbocycles. The minimum atomic E-state index is -0.608. The zero-order valence-electron chi connectivity index (χ0n) is 20.0. The van der Waals surface area contributed by atoms with Crippen LogP contribution in [-0.4, -0.2) is 33.7 Å². The fourth-order valence-electron chi connectivity index (χ4n) is 3.22. The zero-order valence-corrected chi connectivity index (χ0v) is 20.7. The summed E-state index contributed by atoms with van der Waals surface area (Å²) in [6.45, 7) is 4.51. The van der Waals surface area contributed by atoms with Crippen LogP contribution in [0.25, 0.3) is 11.1 Å². The fourth-order valence-corrected chi connectivity index (χ4v) is 3.44. The molecule has 0 heterocycles. The highest BCUT2D eigenvalue weighted by Gasteiger charge is 2.21. The van der Waals surface area contributed by atoms with Gasteiger partial charge in [0.25, 0.3) is 0 Å². The van der Waals surface area contributed by atoms with Gasteiger partial charge in [-0.3, -0.25) is 0 Å². The van der Waals surface area contributed by atoms with Gasteiger partial charge in [0.1, 0.15) is 12.9 Å². The molecule has 2 N–H and O–H groups in total. The van der Waals surface area contributed by atoms with Crippen molar-refractivity contribution in [3.8, 4) is 29.2 Å². The summed E-state index contributed by atoms with van der Waals surface area (Å²) in [7, 11) is 3.04. The average molecular weight is 484 g/mol. The first kappa shape index (κ1) is 28.9. The van der Waals surface area contributed by atoms with Crippen LogP contribution in [0.4, 0.5) is 4.39 Å². The van der Waals surface area contributed by atoms with Gasteiger partial charge in [-0.25, -0.2) is 4.39 Å². The quantitative estimate of drug-likeness (QED) is 0.239. The van der Waals surface area contributed by atoms with Gasteiger partial charge in [0, 0.05) is 28.8 Å². The number of rotatable bonds is 8. The predicted molar refractivity (Wildman–Crippen MR) is 138 cm³/mol. The van der Waals surface area contributed by atoms with Crippen molar-refractivity contribution in [2.45, 2.75) is 19.8 Å². The second-order valence-electron chi connectivity index (χ2n) is 6.55. The first-order valence-corrected chi connectivity index (χ1v) is 11.3. The van der Waals surface area contributed by atoms with Crippen LogP contribution >= 0.6 is 11.6 Å². The van der Waals surface area contributed by atoms with E-state index in [0.29, 0.717) is 28.3 Å². The van der Waals surface area contributed by atoms with Gasteiger partial charge in [-0.05, 0) is 42.4 Å². The number of hydrogen-bond acceptors (Lipinski definition) is 4. The van der Waals surface area contributed by atoms with E-state index >= 15 is 4.39 Å². The molecule has 0 fully saturated rings. The van der Waals surface area contributed by atoms with Crippen molar-refractivity contribution in [3.63, 3.8) is 0 Å². The molecule has 3 aromatic rings. The Labute approximate surface area is 206 Å². The number of ether oxygens (including phenoxy) is 2. The van der Waals surface area contributed by atoms with Crippen molar-refractivity contribution in [1.29, 1.82) is 0 Å². The summed E-state index contributed by atoms with van der Waals surface area (Å²) in [5, 5.41) is 0.320. The Kier molecular flexibility index (Phi) is 13.3. The lowest BCUT2D eigenvalue weighted by Gasteiger charge is -2.17. The van der Waals surface area contributed by atoms with Crippen LogP contribution in [-0.2, 0) is 9.53 Å². The first-order chi connectivity index (χ1) is 16.6. The van der Waals surface area contributed by atoms with Crippen molar-refractivity contribution >= 4 is 17.9 Å². The number of halogens is 2. The van der Waals surface area contributed by atoms with E-state index < -0.39 is 11.7 Å². The third-order valence-electron chi connectivity index (χ3n) is 4.72. The van der Waals surface area contributed by atoms with Gasteiger partial charge in [0.2, 0.25) is 0 Å². The van der Waals surface area contributed by atoms with Gasteiger partial charge in [0.05, 0.1) is 12.5 Å². The standard InChI is InChI=1S/C25H20ClFO3.C2H6.CH5N/c1-3-17-10-12-23(30-14-13-29-2)25(27)24(17)20-15-19(9-11-22(20)26)21(16-28)18-7-5-4-6-8-18;2*1-2/h1,4-12,15-16,21H,13-14H2,2H3;1-2H3;2H2,1H3. The van der Waals surface area contributed by atoms with Gasteiger partial charge >= 0.3 is 0 Å². The molecule has 4 nitrogen and oxygen atoms in total. The van der Waals surface area contributed by atoms with Crippen LogP contribution in [0.2, 0.25) is 5.02 Å². The van der Waals surface area contributed by atoms with Gasteiger partial charge in [0.15, 0.2) is 11.6 Å². The number of benzene rings is 3. The van der Waals surface area contributed by atoms with Gasteiger partial charge in [-0.15, -0.1) is 6.42 Å². The van der Waals surface area contributed by atoms with E-state index in [1.54, 1.807) is 24.3 Å². The molecule has 0 aliphatic rings. The molecule has 3 rings (SSSR count). The lowest BCUT2D eigenvalue weighted by atomic mass is 9.89. The molecule has 0 aromatic heterocycles. The van der Waals surface area contributed by atoms with E-state index in [-0.39, 0.29) is 17.9 Å². The molecule has 3 aromatic carbocycles. The molecule has 0 saturated heterocycles. The molecule has 180 valence electrons. The number of carbonyl (C=O) groups excluding carboxylic acids is 1. The molecule has 0 radical (unpaired) electrons. The van der Waals surface area contributed by atoms with Crippen molar-refractivity contribution < 1.29 is 18.7 Å². The molecule has 0 aliphatic heterocycles. The molecule has 0 amide bonds. The van der Waals surface area contributed by atoms with Crippen molar-refractivity contribution in [3.05, 3.63) is 88.2 Å². The highest BCUT2D eigenvalue weighted by atomic mass is 35.5. The normalized spacial score (nSPS) is 10.5. The summed E-state index contributed by atoms with van der Waals surface area (Å²) in [4.78, 5) is 11.9. The van der Waals surface area contributed by atoms with Crippen molar-refractivity contribution in [1.82, 2.24) is 0 Å². The summed E-state index contributed by atoms with van der Waals surface area (Å²) in [6.07, 6.45) is 6.47. The molecule has 6 heteroatoms. The second-order valence-corrected chi connectivity index (χ2v) is 6.96. The van der Waals surface area contributed by atoms with Crippen LogP contribution in [0, 0.1) is 18.2 Å². The van der Waals surface area contributed by atoms with Gasteiger partial charge in [-0.1, -0.05) is 67.8 Å². The molecule has 1 atom stereocenters. The minimum Gasteiger partial charge on any atom is -0.488 e. The Morgan fingerprint density at radius 1 is 1.06 bits per heavy atom. The molecule has 1 unspecified atom stereocenters. The maximum absolute atomic E-state index is 15.4. The number of terminal acetylenes is 1. The van der Waals surface area contributed by atoms with E-state index in [9.17, 15) is 4.79 Å². The van der Waals surface area contributed by atoms with Crippen LogP contribution in [0.1, 0.15) is 36.5 Å². The first-order valence-electron chi connectivity index (χ1n) is 10.9. The largest absolute Gasteiger partial charge is 0.488 e. The Balaban J connectivity index is 0.00000137.